The Labute approximate surface area is 462 Å². The average molecular weight is 1060 g/mol. The molecule has 5 N–H and O–H groups in total. The predicted octanol–water partition coefficient (Wildman–Crippen LogP) is 6.91. The molecule has 10 rings (SSSR count). The Balaban J connectivity index is 0.000000189. The van der Waals surface area contributed by atoms with E-state index in [0.29, 0.717) is 40.0 Å². The molecule has 10 saturated heterocycles. The summed E-state index contributed by atoms with van der Waals surface area (Å²) in [5.41, 5.74) is 3.96. The average Bonchev–Trinajstić information content (AvgIpc) is 4.26. The molecule has 14 heteroatoms. The van der Waals surface area contributed by atoms with Crippen LogP contribution in [0.3, 0.4) is 0 Å². The third-order valence-electron chi connectivity index (χ3n) is 20.7. The van der Waals surface area contributed by atoms with E-state index in [1.807, 2.05) is 26.0 Å². The lowest BCUT2D eigenvalue weighted by Crippen LogP contribution is -2.46. The molecule has 10 fully saturated rings. The molecule has 0 aromatic carbocycles. The smallest absolute Gasteiger partial charge is 0.242 e. The topological polar surface area (TPSA) is 117 Å². The molecular formula is C61H122N12O2. The van der Waals surface area contributed by atoms with Crippen molar-refractivity contribution in [2.75, 3.05) is 155 Å². The van der Waals surface area contributed by atoms with E-state index in [4.69, 9.17) is 0 Å². The molecule has 10 aliphatic rings. The fourth-order valence-corrected chi connectivity index (χ4v) is 14.0. The summed E-state index contributed by atoms with van der Waals surface area (Å²) in [6.07, 6.45) is 30.0. The third-order valence-corrected chi connectivity index (χ3v) is 20.7. The van der Waals surface area contributed by atoms with Gasteiger partial charge in [0.15, 0.2) is 0 Å². The summed E-state index contributed by atoms with van der Waals surface area (Å²) in [7, 11) is 19.3. The lowest BCUT2D eigenvalue weighted by Gasteiger charge is -2.32. The summed E-state index contributed by atoms with van der Waals surface area (Å²) < 4.78 is 0. The van der Waals surface area contributed by atoms with E-state index in [2.05, 4.69) is 146 Å². The first-order valence-electron chi connectivity index (χ1n) is 30.6. The molecule has 0 aliphatic carbocycles. The van der Waals surface area contributed by atoms with Gasteiger partial charge in [0.25, 0.3) is 0 Å². The van der Waals surface area contributed by atoms with Crippen molar-refractivity contribution in [3.05, 3.63) is 11.6 Å². The number of nitrogens with zero attached hydrogens (tertiary/aromatic N) is 7. The highest BCUT2D eigenvalue weighted by molar-refractivity contribution is 5.88. The highest BCUT2D eigenvalue weighted by Crippen LogP contribution is 2.37. The summed E-state index contributed by atoms with van der Waals surface area (Å²) >= 11 is 0. The second-order valence-corrected chi connectivity index (χ2v) is 26.7. The van der Waals surface area contributed by atoms with Crippen molar-refractivity contribution >= 4 is 12.2 Å². The SMILES string of the molecule is CC(C)=CCC1(C)CCCN1C.CN1CCC2(CCCN2)C1=O.CN1CCC2(CCCN2C)C1.CN1CCCC1(C)CC=O.CN1CCCC12CCNC2.CNCCC1(C)CCCN1.CNCCC1(C)CCCN1C. The van der Waals surface area contributed by atoms with Crippen LogP contribution in [0.15, 0.2) is 11.6 Å². The second-order valence-electron chi connectivity index (χ2n) is 26.7. The lowest BCUT2D eigenvalue weighted by molar-refractivity contribution is -0.131. The van der Waals surface area contributed by atoms with Crippen molar-refractivity contribution in [3.8, 4) is 0 Å². The van der Waals surface area contributed by atoms with Crippen molar-refractivity contribution in [2.45, 2.75) is 215 Å². The van der Waals surface area contributed by atoms with Crippen LogP contribution in [0.2, 0.25) is 0 Å². The number of amides is 1. The molecule has 0 aromatic heterocycles. The standard InChI is InChI=1S/C11H21N.C9H18N2.C9H20N2.C8H14N2O.C8H16N2.C8H18N2.C8H15NO/c1-10(2)6-8-11(3)7-5-9-12(11)4;1-10-7-5-9(8-10)4-3-6-11(9)2;1-9(6-7-10-2)5-4-8-11(9)3;1-10-6-4-8(7(10)11)3-2-5-9-8;1-10-6-2-3-8(10)4-5-9-7-8;1-8(5-7-9-2)4-3-6-10-8;1-8(5-7-10)4-3-6-9(8)2/h6H,5,7-9H2,1-4H3;3-8H2,1-2H3;10H,4-8H2,1-3H3;9H,2-6H2,1H3;9H,2-7H2,1H3;9-10H,3-7H2,1-2H3;7H,3-6H2,1-2H3. The molecule has 0 bridgehead atoms. The maximum atomic E-state index is 11.6. The van der Waals surface area contributed by atoms with Crippen LogP contribution in [-0.4, -0.2) is 240 Å². The molecule has 0 radical (unpaired) electrons. The number of rotatable bonds is 10. The van der Waals surface area contributed by atoms with Crippen LogP contribution in [0, 0.1) is 0 Å². The Morgan fingerprint density at radius 2 is 1.05 bits per heavy atom. The number of likely N-dealkylation sites (N-methyl/N-ethyl adjacent to an activating group) is 4. The van der Waals surface area contributed by atoms with Gasteiger partial charge in [-0.15, -0.1) is 0 Å². The number of nitrogens with one attached hydrogen (secondary N) is 5. The minimum atomic E-state index is -0.144. The Bertz CT molecular complexity index is 1670. The highest BCUT2D eigenvalue weighted by atomic mass is 16.2. The molecule has 75 heavy (non-hydrogen) atoms. The van der Waals surface area contributed by atoms with Gasteiger partial charge in [-0.1, -0.05) is 11.6 Å². The zero-order valence-corrected chi connectivity index (χ0v) is 51.9. The Hall–Kier alpha value is -1.56. The van der Waals surface area contributed by atoms with Crippen LogP contribution >= 0.6 is 0 Å². The maximum absolute atomic E-state index is 11.6. The fourth-order valence-electron chi connectivity index (χ4n) is 14.0. The lowest BCUT2D eigenvalue weighted by atomic mass is 9.94. The summed E-state index contributed by atoms with van der Waals surface area (Å²) in [6, 6.07) is 0. The molecule has 14 nitrogen and oxygen atoms in total. The first-order chi connectivity index (χ1) is 35.5. The molecular weight excluding hydrogens is 933 g/mol. The van der Waals surface area contributed by atoms with Crippen molar-refractivity contribution < 1.29 is 9.59 Å². The largest absolute Gasteiger partial charge is 0.344 e. The van der Waals surface area contributed by atoms with E-state index in [-0.39, 0.29) is 11.1 Å². The normalized spacial score (nSPS) is 35.8. The number of allylic oxidation sites excluding steroid dienone is 1. The Morgan fingerprint density at radius 1 is 0.533 bits per heavy atom. The zero-order valence-electron chi connectivity index (χ0n) is 51.9. The van der Waals surface area contributed by atoms with Gasteiger partial charge in [0.05, 0.1) is 5.54 Å². The molecule has 438 valence electrons. The van der Waals surface area contributed by atoms with Gasteiger partial charge in [-0.05, 0) is 298 Å². The first-order valence-corrected chi connectivity index (χ1v) is 30.6. The van der Waals surface area contributed by atoms with E-state index >= 15 is 0 Å². The molecule has 10 heterocycles. The van der Waals surface area contributed by atoms with Crippen molar-refractivity contribution in [3.63, 3.8) is 0 Å². The molecule has 10 aliphatic heterocycles. The van der Waals surface area contributed by atoms with Crippen LogP contribution in [-0.2, 0) is 9.59 Å². The summed E-state index contributed by atoms with van der Waals surface area (Å²) in [5.74, 6) is 0.301. The molecule has 1 amide bonds. The second kappa shape index (κ2) is 30.9. The van der Waals surface area contributed by atoms with Gasteiger partial charge in [0.1, 0.15) is 6.29 Å². The van der Waals surface area contributed by atoms with Gasteiger partial charge < -0.3 is 55.9 Å². The number of likely N-dealkylation sites (tertiary alicyclic amines) is 7. The highest BCUT2D eigenvalue weighted by Gasteiger charge is 2.47. The van der Waals surface area contributed by atoms with Crippen LogP contribution < -0.4 is 26.6 Å². The quantitative estimate of drug-likeness (QED) is 0.116. The van der Waals surface area contributed by atoms with E-state index < -0.39 is 0 Å². The molecule has 0 saturated carbocycles. The van der Waals surface area contributed by atoms with Crippen molar-refractivity contribution in [1.82, 2.24) is 60.9 Å². The summed E-state index contributed by atoms with van der Waals surface area (Å²) in [4.78, 5) is 38.5. The number of hydrogen-bond acceptors (Lipinski definition) is 13. The van der Waals surface area contributed by atoms with Crippen molar-refractivity contribution in [1.29, 1.82) is 0 Å². The van der Waals surface area contributed by atoms with Crippen LogP contribution in [0.5, 0.6) is 0 Å². The number of carbonyl (C=O) groups is 2. The summed E-state index contributed by atoms with van der Waals surface area (Å²) in [6.45, 7) is 30.4. The maximum Gasteiger partial charge on any atom is 0.242 e. The van der Waals surface area contributed by atoms with Gasteiger partial charge in [-0.25, -0.2) is 0 Å². The first kappa shape index (κ1) is 66.0. The van der Waals surface area contributed by atoms with E-state index in [1.165, 1.54) is 174 Å². The van der Waals surface area contributed by atoms with Gasteiger partial charge >= 0.3 is 0 Å². The van der Waals surface area contributed by atoms with E-state index in [9.17, 15) is 9.59 Å². The van der Waals surface area contributed by atoms with Gasteiger partial charge in [0, 0.05) is 66.3 Å². The number of aldehydes is 1. The predicted molar refractivity (Wildman–Crippen MR) is 319 cm³/mol. The van der Waals surface area contributed by atoms with E-state index in [1.54, 1.807) is 0 Å². The monoisotopic (exact) mass is 1050 g/mol. The molecule has 7 atom stereocenters. The Kier molecular flexibility index (Phi) is 27.1. The fraction of sp³-hybridized carbons (Fsp3) is 0.934. The van der Waals surface area contributed by atoms with Gasteiger partial charge in [-0.2, -0.15) is 0 Å². The van der Waals surface area contributed by atoms with Crippen molar-refractivity contribution in [2.24, 2.45) is 0 Å². The van der Waals surface area contributed by atoms with Crippen LogP contribution in [0.25, 0.3) is 0 Å². The third kappa shape index (κ3) is 19.0. The summed E-state index contributed by atoms with van der Waals surface area (Å²) in [5, 5.41) is 16.7. The minimum Gasteiger partial charge on any atom is -0.344 e. The Morgan fingerprint density at radius 3 is 1.45 bits per heavy atom. The van der Waals surface area contributed by atoms with Crippen LogP contribution in [0.4, 0.5) is 0 Å². The molecule has 7 unspecified atom stereocenters. The van der Waals surface area contributed by atoms with E-state index in [0.717, 1.165) is 58.3 Å². The van der Waals surface area contributed by atoms with Gasteiger partial charge in [-0.3, -0.25) is 14.6 Å². The zero-order chi connectivity index (χ0) is 55.4. The van der Waals surface area contributed by atoms with Gasteiger partial charge in [0.2, 0.25) is 5.91 Å². The van der Waals surface area contributed by atoms with Crippen LogP contribution in [0.1, 0.15) is 176 Å². The molecule has 3 spiro atoms. The molecule has 0 aromatic rings. The minimum absolute atomic E-state index is 0.144. The number of hydrogen-bond donors (Lipinski definition) is 5. The number of carbonyl (C=O) groups excluding carboxylic acids is 2.